The van der Waals surface area contributed by atoms with Gasteiger partial charge in [-0.25, -0.2) is 18.0 Å². The maximum Gasteiger partial charge on any atom is 0.344 e. The molecule has 1 amide bonds. The minimum Gasteiger partial charge on any atom is -0.479 e. The van der Waals surface area contributed by atoms with Gasteiger partial charge in [0.2, 0.25) is 0 Å². The van der Waals surface area contributed by atoms with E-state index in [4.69, 9.17) is 4.74 Å². The Kier molecular flexibility index (Phi) is 5.78. The number of anilines is 1. The first-order valence-corrected chi connectivity index (χ1v) is 6.74. The van der Waals surface area contributed by atoms with Gasteiger partial charge in [-0.3, -0.25) is 4.79 Å². The molecule has 0 radical (unpaired) electrons. The summed E-state index contributed by atoms with van der Waals surface area (Å²) in [6, 6.07) is 8.50. The number of rotatable bonds is 6. The number of carbonyl (C=O) groups is 2. The highest BCUT2D eigenvalue weighted by atomic mass is 19.1. The van der Waals surface area contributed by atoms with Crippen LogP contribution in [0.3, 0.4) is 0 Å². The molecule has 0 atom stereocenters. The second kappa shape index (κ2) is 8.00. The summed E-state index contributed by atoms with van der Waals surface area (Å²) in [5.74, 6) is -4.60. The lowest BCUT2D eigenvalue weighted by atomic mass is 10.3. The van der Waals surface area contributed by atoms with Crippen molar-refractivity contribution in [1.29, 1.82) is 0 Å². The maximum atomic E-state index is 13.3. The van der Waals surface area contributed by atoms with Crippen LogP contribution < -0.4 is 10.1 Å². The summed E-state index contributed by atoms with van der Waals surface area (Å²) in [6.45, 7) is -1.39. The van der Waals surface area contributed by atoms with E-state index in [0.717, 1.165) is 24.3 Å². The standard InChI is InChI=1S/C16H12F3NO4/c17-10-4-1-2-7-13(10)23-9-15(22)24-8-14(21)20-16-11(18)5-3-6-12(16)19/h1-7H,8-9H2,(H,20,21). The largest absolute Gasteiger partial charge is 0.479 e. The summed E-state index contributed by atoms with van der Waals surface area (Å²) < 4.78 is 49.4. The lowest BCUT2D eigenvalue weighted by molar-refractivity contribution is -0.149. The Balaban J connectivity index is 1.79. The number of halogens is 3. The van der Waals surface area contributed by atoms with Gasteiger partial charge in [-0.05, 0) is 24.3 Å². The summed E-state index contributed by atoms with van der Waals surface area (Å²) in [5, 5.41) is 1.95. The van der Waals surface area contributed by atoms with Crippen LogP contribution in [-0.2, 0) is 14.3 Å². The molecule has 2 aromatic rings. The molecular formula is C16H12F3NO4. The number of para-hydroxylation sites is 2. The molecule has 126 valence electrons. The van der Waals surface area contributed by atoms with Crippen molar-refractivity contribution in [2.75, 3.05) is 18.5 Å². The van der Waals surface area contributed by atoms with Crippen LogP contribution in [0.4, 0.5) is 18.9 Å². The van der Waals surface area contributed by atoms with E-state index in [1.807, 2.05) is 5.32 Å². The Morgan fingerprint density at radius 1 is 0.875 bits per heavy atom. The lowest BCUT2D eigenvalue weighted by Crippen LogP contribution is -2.24. The van der Waals surface area contributed by atoms with Crippen molar-refractivity contribution < 1.29 is 32.2 Å². The van der Waals surface area contributed by atoms with Crippen molar-refractivity contribution >= 4 is 17.6 Å². The second-order valence-corrected chi connectivity index (χ2v) is 4.52. The molecule has 0 aliphatic carbocycles. The molecule has 1 N–H and O–H groups in total. The van der Waals surface area contributed by atoms with Crippen LogP contribution >= 0.6 is 0 Å². The number of nitrogens with one attached hydrogen (secondary N) is 1. The number of benzene rings is 2. The zero-order valence-electron chi connectivity index (χ0n) is 12.2. The Hall–Kier alpha value is -3.03. The quantitative estimate of drug-likeness (QED) is 0.822. The van der Waals surface area contributed by atoms with Gasteiger partial charge in [0.15, 0.2) is 24.8 Å². The van der Waals surface area contributed by atoms with Crippen molar-refractivity contribution in [2.45, 2.75) is 0 Å². The third kappa shape index (κ3) is 4.73. The van der Waals surface area contributed by atoms with Gasteiger partial charge >= 0.3 is 5.97 Å². The summed E-state index contributed by atoms with van der Waals surface area (Å²) in [5.41, 5.74) is -0.638. The van der Waals surface area contributed by atoms with E-state index in [0.29, 0.717) is 0 Å². The van der Waals surface area contributed by atoms with Crippen molar-refractivity contribution in [1.82, 2.24) is 0 Å². The Morgan fingerprint density at radius 2 is 1.50 bits per heavy atom. The molecule has 0 heterocycles. The lowest BCUT2D eigenvalue weighted by Gasteiger charge is -2.09. The van der Waals surface area contributed by atoms with E-state index in [2.05, 4.69) is 4.74 Å². The second-order valence-electron chi connectivity index (χ2n) is 4.52. The number of hydrogen-bond donors (Lipinski definition) is 1. The van der Waals surface area contributed by atoms with E-state index in [1.54, 1.807) is 0 Å². The molecule has 2 rings (SSSR count). The van der Waals surface area contributed by atoms with Gasteiger partial charge in [0.25, 0.3) is 5.91 Å². The van der Waals surface area contributed by atoms with E-state index in [-0.39, 0.29) is 5.75 Å². The summed E-state index contributed by atoms with van der Waals surface area (Å²) in [7, 11) is 0. The first-order valence-electron chi connectivity index (χ1n) is 6.74. The molecule has 2 aromatic carbocycles. The van der Waals surface area contributed by atoms with E-state index in [9.17, 15) is 22.8 Å². The van der Waals surface area contributed by atoms with Crippen LogP contribution in [0.25, 0.3) is 0 Å². The van der Waals surface area contributed by atoms with E-state index >= 15 is 0 Å². The molecule has 5 nitrogen and oxygen atoms in total. The average molecular weight is 339 g/mol. The van der Waals surface area contributed by atoms with Gasteiger partial charge in [-0.2, -0.15) is 0 Å². The molecule has 0 aromatic heterocycles. The normalized spacial score (nSPS) is 10.1. The zero-order chi connectivity index (χ0) is 17.5. The third-order valence-corrected chi connectivity index (χ3v) is 2.77. The molecule has 0 aliphatic heterocycles. The van der Waals surface area contributed by atoms with Crippen molar-refractivity contribution in [3.8, 4) is 5.75 Å². The fraction of sp³-hybridized carbons (Fsp3) is 0.125. The Morgan fingerprint density at radius 3 is 2.17 bits per heavy atom. The van der Waals surface area contributed by atoms with E-state index < -0.39 is 48.2 Å². The molecule has 24 heavy (non-hydrogen) atoms. The Bertz CT molecular complexity index is 732. The number of ether oxygens (including phenoxy) is 2. The molecule has 0 bridgehead atoms. The van der Waals surface area contributed by atoms with Gasteiger partial charge in [0.05, 0.1) is 0 Å². The molecule has 0 saturated carbocycles. The van der Waals surface area contributed by atoms with Gasteiger partial charge in [-0.1, -0.05) is 18.2 Å². The van der Waals surface area contributed by atoms with E-state index in [1.165, 1.54) is 18.2 Å². The number of hydrogen-bond acceptors (Lipinski definition) is 4. The first kappa shape index (κ1) is 17.3. The highest BCUT2D eigenvalue weighted by molar-refractivity contribution is 5.93. The van der Waals surface area contributed by atoms with Gasteiger partial charge in [0, 0.05) is 0 Å². The third-order valence-electron chi connectivity index (χ3n) is 2.77. The number of esters is 1. The summed E-state index contributed by atoms with van der Waals surface area (Å²) in [4.78, 5) is 22.9. The SMILES string of the molecule is O=C(COC(=O)COc1ccccc1F)Nc1c(F)cccc1F. The molecule has 0 saturated heterocycles. The summed E-state index contributed by atoms with van der Waals surface area (Å²) in [6.07, 6.45) is 0. The van der Waals surface area contributed by atoms with Crippen LogP contribution in [0.2, 0.25) is 0 Å². The molecule has 0 spiro atoms. The first-order chi connectivity index (χ1) is 11.5. The molecular weight excluding hydrogens is 327 g/mol. The molecule has 8 heteroatoms. The van der Waals surface area contributed by atoms with Gasteiger partial charge in [-0.15, -0.1) is 0 Å². The predicted molar refractivity (Wildman–Crippen MR) is 77.8 cm³/mol. The topological polar surface area (TPSA) is 64.6 Å². The van der Waals surface area contributed by atoms with Gasteiger partial charge < -0.3 is 14.8 Å². The highest BCUT2D eigenvalue weighted by Crippen LogP contribution is 2.18. The minimum atomic E-state index is -0.961. The summed E-state index contributed by atoms with van der Waals surface area (Å²) >= 11 is 0. The van der Waals surface area contributed by atoms with Crippen LogP contribution in [0.1, 0.15) is 0 Å². The van der Waals surface area contributed by atoms with Crippen molar-refractivity contribution in [3.63, 3.8) is 0 Å². The zero-order valence-corrected chi connectivity index (χ0v) is 12.2. The van der Waals surface area contributed by atoms with Crippen LogP contribution in [0, 0.1) is 17.5 Å². The Labute approximate surface area is 135 Å². The highest BCUT2D eigenvalue weighted by Gasteiger charge is 2.14. The molecule has 0 aliphatic rings. The minimum absolute atomic E-state index is 0.146. The van der Waals surface area contributed by atoms with Crippen molar-refractivity contribution in [2.24, 2.45) is 0 Å². The van der Waals surface area contributed by atoms with Crippen molar-refractivity contribution in [3.05, 3.63) is 59.9 Å². The molecule has 0 unspecified atom stereocenters. The van der Waals surface area contributed by atoms with Crippen LogP contribution in [0.15, 0.2) is 42.5 Å². The smallest absolute Gasteiger partial charge is 0.344 e. The average Bonchev–Trinajstić information content (AvgIpc) is 2.56. The monoisotopic (exact) mass is 339 g/mol. The van der Waals surface area contributed by atoms with Crippen LogP contribution in [-0.4, -0.2) is 25.1 Å². The fourth-order valence-electron chi connectivity index (χ4n) is 1.68. The molecule has 0 fully saturated rings. The maximum absolute atomic E-state index is 13.3. The van der Waals surface area contributed by atoms with Crippen LogP contribution in [0.5, 0.6) is 5.75 Å². The predicted octanol–water partition coefficient (Wildman–Crippen LogP) is 2.66. The number of carbonyl (C=O) groups excluding carboxylic acids is 2. The fourth-order valence-corrected chi connectivity index (χ4v) is 1.68. The number of amides is 1. The van der Waals surface area contributed by atoms with Gasteiger partial charge in [0.1, 0.15) is 17.3 Å².